The van der Waals surface area contributed by atoms with E-state index >= 15 is 0 Å². The van der Waals surface area contributed by atoms with E-state index in [1.165, 1.54) is 0 Å². The fraction of sp³-hybridized carbons (Fsp3) is 0.643. The van der Waals surface area contributed by atoms with Gasteiger partial charge in [-0.3, -0.25) is 9.48 Å². The van der Waals surface area contributed by atoms with Crippen LogP contribution in [0.2, 0.25) is 0 Å². The molecule has 1 fully saturated rings. The molecule has 0 bridgehead atoms. The van der Waals surface area contributed by atoms with E-state index < -0.39 is 11.9 Å². The maximum absolute atomic E-state index is 12.1. The van der Waals surface area contributed by atoms with E-state index in [9.17, 15) is 9.59 Å². The number of nitrogens with one attached hydrogen (secondary N) is 1. The third-order valence-electron chi connectivity index (χ3n) is 3.81. The smallest absolute Gasteiger partial charge is 0.317 e. The molecule has 116 valence electrons. The van der Waals surface area contributed by atoms with Crippen molar-refractivity contribution in [2.75, 3.05) is 13.1 Å². The standard InChI is InChI=1S/C14H22N4O3/c1-3-12-11(8-17(2)16-12)7-15-14(21)18-6-4-5-10(9-18)13(19)20/h8,10H,3-7,9H2,1-2H3,(H,15,21)(H,19,20)/t10-/m1/s1. The molecule has 0 aromatic carbocycles. The molecule has 7 heteroatoms. The quantitative estimate of drug-likeness (QED) is 0.867. The minimum absolute atomic E-state index is 0.202. The minimum Gasteiger partial charge on any atom is -0.481 e. The summed E-state index contributed by atoms with van der Waals surface area (Å²) in [5, 5.41) is 16.2. The normalized spacial score (nSPS) is 18.6. The number of aliphatic carboxylic acids is 1. The Labute approximate surface area is 123 Å². The number of urea groups is 1. The first kappa shape index (κ1) is 15.3. The van der Waals surface area contributed by atoms with Crippen LogP contribution in [0.1, 0.15) is 31.0 Å². The molecule has 1 aromatic rings. The number of aryl methyl sites for hydroxylation is 2. The summed E-state index contributed by atoms with van der Waals surface area (Å²) >= 11 is 0. The molecule has 0 unspecified atom stereocenters. The van der Waals surface area contributed by atoms with Gasteiger partial charge in [-0.2, -0.15) is 5.10 Å². The number of nitrogens with zero attached hydrogens (tertiary/aromatic N) is 3. The number of rotatable bonds is 4. The summed E-state index contributed by atoms with van der Waals surface area (Å²) in [6.07, 6.45) is 4.09. The predicted molar refractivity (Wildman–Crippen MR) is 76.8 cm³/mol. The SMILES string of the molecule is CCc1nn(C)cc1CNC(=O)N1CCC[C@@H](C(=O)O)C1. The van der Waals surface area contributed by atoms with Crippen LogP contribution in [0.15, 0.2) is 6.20 Å². The molecule has 1 saturated heterocycles. The van der Waals surface area contributed by atoms with Gasteiger partial charge in [0.15, 0.2) is 0 Å². The highest BCUT2D eigenvalue weighted by atomic mass is 16.4. The molecule has 0 aliphatic carbocycles. The lowest BCUT2D eigenvalue weighted by atomic mass is 9.99. The lowest BCUT2D eigenvalue weighted by Gasteiger charge is -2.30. The van der Waals surface area contributed by atoms with E-state index in [0.717, 1.165) is 24.1 Å². The van der Waals surface area contributed by atoms with E-state index in [2.05, 4.69) is 10.4 Å². The first-order valence-corrected chi connectivity index (χ1v) is 7.28. The van der Waals surface area contributed by atoms with Crippen LogP contribution in [0.4, 0.5) is 4.79 Å². The van der Waals surface area contributed by atoms with Crippen molar-refractivity contribution >= 4 is 12.0 Å². The molecular weight excluding hydrogens is 272 g/mol. The van der Waals surface area contributed by atoms with Gasteiger partial charge in [0.25, 0.3) is 0 Å². The number of carboxylic acid groups (broad SMARTS) is 1. The van der Waals surface area contributed by atoms with Crippen LogP contribution in [0.5, 0.6) is 0 Å². The maximum atomic E-state index is 12.1. The Balaban J connectivity index is 1.90. The lowest BCUT2D eigenvalue weighted by molar-refractivity contribution is -0.143. The maximum Gasteiger partial charge on any atom is 0.317 e. The topological polar surface area (TPSA) is 87.5 Å². The highest BCUT2D eigenvalue weighted by Crippen LogP contribution is 2.16. The van der Waals surface area contributed by atoms with Gasteiger partial charge in [0.05, 0.1) is 11.6 Å². The van der Waals surface area contributed by atoms with E-state index in [0.29, 0.717) is 19.5 Å². The van der Waals surface area contributed by atoms with Gasteiger partial charge in [-0.25, -0.2) is 4.79 Å². The zero-order valence-corrected chi connectivity index (χ0v) is 12.5. The van der Waals surface area contributed by atoms with Gasteiger partial charge in [-0.05, 0) is 19.3 Å². The van der Waals surface area contributed by atoms with Gasteiger partial charge in [0.2, 0.25) is 0 Å². The van der Waals surface area contributed by atoms with Gasteiger partial charge in [-0.15, -0.1) is 0 Å². The van der Waals surface area contributed by atoms with Crippen molar-refractivity contribution in [3.05, 3.63) is 17.5 Å². The van der Waals surface area contributed by atoms with Crippen molar-refractivity contribution in [3.8, 4) is 0 Å². The van der Waals surface area contributed by atoms with E-state index in [1.54, 1.807) is 9.58 Å². The number of aromatic nitrogens is 2. The fourth-order valence-corrected chi connectivity index (χ4v) is 2.67. The number of piperidine rings is 1. The molecule has 2 heterocycles. The monoisotopic (exact) mass is 294 g/mol. The largest absolute Gasteiger partial charge is 0.481 e. The molecule has 0 radical (unpaired) electrons. The second kappa shape index (κ2) is 6.60. The van der Waals surface area contributed by atoms with Gasteiger partial charge in [-0.1, -0.05) is 6.92 Å². The number of carbonyl (C=O) groups is 2. The summed E-state index contributed by atoms with van der Waals surface area (Å²) < 4.78 is 1.74. The highest BCUT2D eigenvalue weighted by Gasteiger charge is 2.28. The van der Waals surface area contributed by atoms with Crippen LogP contribution in [-0.4, -0.2) is 44.9 Å². The molecule has 1 aliphatic rings. The lowest BCUT2D eigenvalue weighted by Crippen LogP contribution is -2.46. The number of likely N-dealkylation sites (tertiary alicyclic amines) is 1. The number of hydrogen-bond donors (Lipinski definition) is 2. The Hall–Kier alpha value is -2.05. The summed E-state index contributed by atoms with van der Waals surface area (Å²) in [7, 11) is 1.85. The van der Waals surface area contributed by atoms with Crippen molar-refractivity contribution in [3.63, 3.8) is 0 Å². The molecular formula is C14H22N4O3. The van der Waals surface area contributed by atoms with Gasteiger partial charge < -0.3 is 15.3 Å². The minimum atomic E-state index is -0.826. The number of carbonyl (C=O) groups excluding carboxylic acids is 1. The third-order valence-corrected chi connectivity index (χ3v) is 3.81. The second-order valence-corrected chi connectivity index (χ2v) is 5.41. The van der Waals surface area contributed by atoms with E-state index in [1.807, 2.05) is 20.2 Å². The zero-order valence-electron chi connectivity index (χ0n) is 12.5. The van der Waals surface area contributed by atoms with Gasteiger partial charge in [0.1, 0.15) is 0 Å². The molecule has 1 aromatic heterocycles. The Bertz CT molecular complexity index is 526. The third kappa shape index (κ3) is 3.74. The van der Waals surface area contributed by atoms with Crippen LogP contribution in [0.3, 0.4) is 0 Å². The van der Waals surface area contributed by atoms with Crippen LogP contribution >= 0.6 is 0 Å². The number of carboxylic acids is 1. The van der Waals surface area contributed by atoms with Gasteiger partial charge >= 0.3 is 12.0 Å². The molecule has 1 atom stereocenters. The summed E-state index contributed by atoms with van der Waals surface area (Å²) in [4.78, 5) is 24.7. The van der Waals surface area contributed by atoms with Crippen LogP contribution in [-0.2, 0) is 24.8 Å². The first-order valence-electron chi connectivity index (χ1n) is 7.28. The molecule has 0 saturated carbocycles. The van der Waals surface area contributed by atoms with Crippen molar-refractivity contribution in [1.82, 2.24) is 20.0 Å². The van der Waals surface area contributed by atoms with Crippen LogP contribution < -0.4 is 5.32 Å². The Morgan fingerprint density at radius 3 is 2.95 bits per heavy atom. The Kier molecular flexibility index (Phi) is 4.82. The van der Waals surface area contributed by atoms with Crippen molar-refractivity contribution in [1.29, 1.82) is 0 Å². The highest BCUT2D eigenvalue weighted by molar-refractivity contribution is 5.76. The Morgan fingerprint density at radius 1 is 1.52 bits per heavy atom. The molecule has 21 heavy (non-hydrogen) atoms. The molecule has 1 aliphatic heterocycles. The van der Waals surface area contributed by atoms with Crippen molar-refractivity contribution < 1.29 is 14.7 Å². The molecule has 2 N–H and O–H groups in total. The fourth-order valence-electron chi connectivity index (χ4n) is 2.67. The summed E-state index contributed by atoms with van der Waals surface area (Å²) in [5.41, 5.74) is 1.97. The van der Waals surface area contributed by atoms with Gasteiger partial charge in [0, 0.05) is 38.4 Å². The predicted octanol–water partition coefficient (Wildman–Crippen LogP) is 0.989. The van der Waals surface area contributed by atoms with Crippen molar-refractivity contribution in [2.24, 2.45) is 13.0 Å². The van der Waals surface area contributed by atoms with Crippen LogP contribution in [0.25, 0.3) is 0 Å². The van der Waals surface area contributed by atoms with E-state index in [-0.39, 0.29) is 12.6 Å². The van der Waals surface area contributed by atoms with Crippen LogP contribution in [0, 0.1) is 5.92 Å². The number of amides is 2. The average Bonchev–Trinajstić information content (AvgIpc) is 2.85. The average molecular weight is 294 g/mol. The van der Waals surface area contributed by atoms with E-state index in [4.69, 9.17) is 5.11 Å². The zero-order chi connectivity index (χ0) is 15.4. The molecule has 2 rings (SSSR count). The molecule has 0 spiro atoms. The molecule has 7 nitrogen and oxygen atoms in total. The summed E-state index contributed by atoms with van der Waals surface area (Å²) in [6, 6.07) is -0.202. The Morgan fingerprint density at radius 2 is 2.29 bits per heavy atom. The summed E-state index contributed by atoms with van der Waals surface area (Å²) in [5.74, 6) is -1.28. The molecule has 2 amide bonds. The number of hydrogen-bond acceptors (Lipinski definition) is 3. The summed E-state index contributed by atoms with van der Waals surface area (Å²) in [6.45, 7) is 3.35. The van der Waals surface area contributed by atoms with Crippen molar-refractivity contribution in [2.45, 2.75) is 32.7 Å². The first-order chi connectivity index (χ1) is 10.0. The second-order valence-electron chi connectivity index (χ2n) is 5.41.